The molecular weight excluding hydrogens is 262 g/mol. The van der Waals surface area contributed by atoms with Crippen molar-refractivity contribution in [3.8, 4) is 0 Å². The monoisotopic (exact) mass is 289 g/mol. The smallest absolute Gasteiger partial charge is 0.241 e. The van der Waals surface area contributed by atoms with Crippen LogP contribution in [-0.2, 0) is 11.3 Å². The molecule has 1 amide bonds. The van der Waals surface area contributed by atoms with E-state index >= 15 is 0 Å². The Morgan fingerprint density at radius 1 is 1.33 bits per heavy atom. The minimum absolute atomic E-state index is 0.149. The summed E-state index contributed by atoms with van der Waals surface area (Å²) in [6, 6.07) is 8.32. The minimum Gasteiger partial charge on any atom is -0.299 e. The van der Waals surface area contributed by atoms with Crippen LogP contribution in [0, 0.1) is 5.92 Å². The van der Waals surface area contributed by atoms with Crippen LogP contribution in [0.5, 0.6) is 0 Å². The second-order valence-corrected chi connectivity index (χ2v) is 6.10. The fraction of sp³-hybridized carbons (Fsp3) is 0.588. The molecule has 0 spiro atoms. The van der Waals surface area contributed by atoms with E-state index in [1.165, 1.54) is 37.9 Å². The Morgan fingerprint density at radius 3 is 2.48 bits per heavy atom. The summed E-state index contributed by atoms with van der Waals surface area (Å²) in [6.07, 6.45) is 3.95. The van der Waals surface area contributed by atoms with Gasteiger partial charge in [-0.25, -0.2) is 5.84 Å². The Bertz CT molecular complexity index is 450. The standard InChI is InChI=1S/C17H27N3O/c1-3-14-8-10-20(11-9-14)12-15-4-6-16(7-5-15)13(2)17(21)19-18/h4-7,13-14H,3,8-12,18H2,1-2H3,(H,19,21). The number of hydrogen-bond acceptors (Lipinski definition) is 3. The van der Waals surface area contributed by atoms with Crippen molar-refractivity contribution in [3.63, 3.8) is 0 Å². The molecule has 0 bridgehead atoms. The molecule has 1 heterocycles. The van der Waals surface area contributed by atoms with Gasteiger partial charge in [0.2, 0.25) is 5.91 Å². The van der Waals surface area contributed by atoms with Crippen LogP contribution in [0.1, 0.15) is 50.2 Å². The summed E-state index contributed by atoms with van der Waals surface area (Å²) in [5.41, 5.74) is 4.53. The van der Waals surface area contributed by atoms with Crippen molar-refractivity contribution < 1.29 is 4.79 Å². The van der Waals surface area contributed by atoms with Gasteiger partial charge in [-0.1, -0.05) is 37.6 Å². The zero-order chi connectivity index (χ0) is 15.2. The van der Waals surface area contributed by atoms with Gasteiger partial charge in [0.15, 0.2) is 0 Å². The largest absolute Gasteiger partial charge is 0.299 e. The predicted molar refractivity (Wildman–Crippen MR) is 85.5 cm³/mol. The van der Waals surface area contributed by atoms with Crippen molar-refractivity contribution >= 4 is 5.91 Å². The highest BCUT2D eigenvalue weighted by atomic mass is 16.2. The van der Waals surface area contributed by atoms with E-state index in [0.29, 0.717) is 0 Å². The lowest BCUT2D eigenvalue weighted by Crippen LogP contribution is -2.34. The summed E-state index contributed by atoms with van der Waals surface area (Å²) in [6.45, 7) is 7.57. The first-order valence-corrected chi connectivity index (χ1v) is 7.95. The van der Waals surface area contributed by atoms with Crippen molar-refractivity contribution in [2.75, 3.05) is 13.1 Å². The number of nitrogens with zero attached hydrogens (tertiary/aromatic N) is 1. The highest BCUT2D eigenvalue weighted by molar-refractivity contribution is 5.82. The molecule has 1 saturated heterocycles. The van der Waals surface area contributed by atoms with Gasteiger partial charge in [0.1, 0.15) is 0 Å². The van der Waals surface area contributed by atoms with Gasteiger partial charge in [-0.3, -0.25) is 15.1 Å². The van der Waals surface area contributed by atoms with E-state index in [2.05, 4.69) is 29.4 Å². The van der Waals surface area contributed by atoms with Crippen LogP contribution >= 0.6 is 0 Å². The van der Waals surface area contributed by atoms with E-state index in [4.69, 9.17) is 5.84 Å². The molecule has 1 fully saturated rings. The molecule has 4 heteroatoms. The molecule has 1 aromatic rings. The topological polar surface area (TPSA) is 58.4 Å². The van der Waals surface area contributed by atoms with Crippen LogP contribution in [0.2, 0.25) is 0 Å². The first kappa shape index (κ1) is 16.0. The molecule has 0 aliphatic carbocycles. The minimum atomic E-state index is -0.204. The quantitative estimate of drug-likeness (QED) is 0.497. The number of amides is 1. The molecule has 2 rings (SSSR count). The van der Waals surface area contributed by atoms with Gasteiger partial charge >= 0.3 is 0 Å². The summed E-state index contributed by atoms with van der Waals surface area (Å²) < 4.78 is 0. The van der Waals surface area contributed by atoms with Crippen molar-refractivity contribution in [1.29, 1.82) is 0 Å². The molecule has 0 aromatic heterocycles. The number of hydrazine groups is 1. The van der Waals surface area contributed by atoms with Gasteiger partial charge in [0.25, 0.3) is 0 Å². The molecule has 3 N–H and O–H groups in total. The molecule has 116 valence electrons. The summed E-state index contributed by atoms with van der Waals surface area (Å²) >= 11 is 0. The number of nitrogens with one attached hydrogen (secondary N) is 1. The molecule has 0 saturated carbocycles. The van der Waals surface area contributed by atoms with Crippen LogP contribution in [0.25, 0.3) is 0 Å². The molecule has 1 aromatic carbocycles. The van der Waals surface area contributed by atoms with E-state index in [1.54, 1.807) is 0 Å². The molecular formula is C17H27N3O. The molecule has 21 heavy (non-hydrogen) atoms. The van der Waals surface area contributed by atoms with Gasteiger partial charge < -0.3 is 0 Å². The maximum Gasteiger partial charge on any atom is 0.241 e. The first-order chi connectivity index (χ1) is 10.1. The summed E-state index contributed by atoms with van der Waals surface area (Å²) in [5.74, 6) is 5.74. The second-order valence-electron chi connectivity index (χ2n) is 6.10. The fourth-order valence-electron chi connectivity index (χ4n) is 3.00. The van der Waals surface area contributed by atoms with Gasteiger partial charge in [-0.05, 0) is 49.9 Å². The lowest BCUT2D eigenvalue weighted by molar-refractivity contribution is -0.122. The molecule has 1 aliphatic heterocycles. The normalized spacial score (nSPS) is 18.4. The average molecular weight is 289 g/mol. The molecule has 1 atom stereocenters. The SMILES string of the molecule is CCC1CCN(Cc2ccc(C(C)C(=O)NN)cc2)CC1. The third kappa shape index (κ3) is 4.29. The average Bonchev–Trinajstić information content (AvgIpc) is 2.55. The number of carbonyl (C=O) groups is 1. The van der Waals surface area contributed by atoms with Crippen molar-refractivity contribution in [1.82, 2.24) is 10.3 Å². The van der Waals surface area contributed by atoms with Crippen LogP contribution in [0.4, 0.5) is 0 Å². The van der Waals surface area contributed by atoms with Gasteiger partial charge in [0.05, 0.1) is 5.92 Å². The number of hydrogen-bond donors (Lipinski definition) is 2. The number of likely N-dealkylation sites (tertiary alicyclic amines) is 1. The highest BCUT2D eigenvalue weighted by Gasteiger charge is 2.18. The Balaban J connectivity index is 1.89. The lowest BCUT2D eigenvalue weighted by Gasteiger charge is -2.31. The van der Waals surface area contributed by atoms with E-state index in [9.17, 15) is 4.79 Å². The summed E-state index contributed by atoms with van der Waals surface area (Å²) in [7, 11) is 0. The lowest BCUT2D eigenvalue weighted by atomic mass is 9.94. The van der Waals surface area contributed by atoms with E-state index in [-0.39, 0.29) is 11.8 Å². The van der Waals surface area contributed by atoms with Gasteiger partial charge in [-0.15, -0.1) is 0 Å². The number of carbonyl (C=O) groups excluding carboxylic acids is 1. The predicted octanol–water partition coefficient (Wildman–Crippen LogP) is 2.40. The number of rotatable bonds is 5. The zero-order valence-electron chi connectivity index (χ0n) is 13.1. The third-order valence-electron chi connectivity index (χ3n) is 4.71. The Kier molecular flexibility index (Phi) is 5.76. The van der Waals surface area contributed by atoms with E-state index in [0.717, 1.165) is 18.0 Å². The number of benzene rings is 1. The highest BCUT2D eigenvalue weighted by Crippen LogP contribution is 2.22. The van der Waals surface area contributed by atoms with Crippen molar-refractivity contribution in [2.24, 2.45) is 11.8 Å². The van der Waals surface area contributed by atoms with Gasteiger partial charge in [-0.2, -0.15) is 0 Å². The molecule has 1 unspecified atom stereocenters. The number of nitrogens with two attached hydrogens (primary N) is 1. The maximum atomic E-state index is 11.5. The number of piperidine rings is 1. The zero-order valence-corrected chi connectivity index (χ0v) is 13.1. The van der Waals surface area contributed by atoms with Crippen LogP contribution < -0.4 is 11.3 Å². The summed E-state index contributed by atoms with van der Waals surface area (Å²) in [5, 5.41) is 0. The van der Waals surface area contributed by atoms with Gasteiger partial charge in [0, 0.05) is 6.54 Å². The van der Waals surface area contributed by atoms with Crippen LogP contribution in [0.15, 0.2) is 24.3 Å². The van der Waals surface area contributed by atoms with Crippen molar-refractivity contribution in [3.05, 3.63) is 35.4 Å². The Hall–Kier alpha value is -1.39. The van der Waals surface area contributed by atoms with E-state index in [1.807, 2.05) is 19.1 Å². The van der Waals surface area contributed by atoms with Crippen molar-refractivity contribution in [2.45, 2.75) is 45.6 Å². The summed E-state index contributed by atoms with van der Waals surface area (Å²) in [4.78, 5) is 14.1. The van der Waals surface area contributed by atoms with E-state index < -0.39 is 0 Å². The fourth-order valence-corrected chi connectivity index (χ4v) is 3.00. The Morgan fingerprint density at radius 2 is 1.95 bits per heavy atom. The molecule has 4 nitrogen and oxygen atoms in total. The maximum absolute atomic E-state index is 11.5. The Labute approximate surface area is 127 Å². The van der Waals surface area contributed by atoms with Crippen LogP contribution in [-0.4, -0.2) is 23.9 Å². The molecule has 0 radical (unpaired) electrons. The second kappa shape index (κ2) is 7.57. The first-order valence-electron chi connectivity index (χ1n) is 7.95. The molecule has 1 aliphatic rings. The third-order valence-corrected chi connectivity index (χ3v) is 4.71. The van der Waals surface area contributed by atoms with Crippen LogP contribution in [0.3, 0.4) is 0 Å².